The number of carbonyl (C=O) groups excluding carboxylic acids is 1. The summed E-state index contributed by atoms with van der Waals surface area (Å²) >= 11 is 1.63. The molecular formula is C16H19N3O2S. The molecule has 0 bridgehead atoms. The lowest BCUT2D eigenvalue weighted by Crippen LogP contribution is -2.38. The quantitative estimate of drug-likeness (QED) is 0.872. The van der Waals surface area contributed by atoms with E-state index in [2.05, 4.69) is 9.97 Å². The smallest absolute Gasteiger partial charge is 0.259 e. The standard InChI is InChI=1S/C16H19N3O2S/c1-11-10-22-15(18-11)13-7-3-4-9-19(13)16(20)12-6-5-8-17-14(12)21-2/h5-6,8,10,13H,3-4,7,9H2,1-2H3/t13-/m1/s1. The Balaban J connectivity index is 1.91. The van der Waals surface area contributed by atoms with Gasteiger partial charge < -0.3 is 9.64 Å². The van der Waals surface area contributed by atoms with Crippen molar-refractivity contribution in [3.05, 3.63) is 40.0 Å². The minimum absolute atomic E-state index is 0.0255. The molecule has 0 radical (unpaired) electrons. The number of hydrogen-bond donors (Lipinski definition) is 0. The van der Waals surface area contributed by atoms with Crippen molar-refractivity contribution >= 4 is 17.2 Å². The average Bonchev–Trinajstić information content (AvgIpc) is 3.00. The zero-order chi connectivity index (χ0) is 15.5. The number of rotatable bonds is 3. The van der Waals surface area contributed by atoms with Crippen molar-refractivity contribution in [2.45, 2.75) is 32.2 Å². The first-order valence-electron chi connectivity index (χ1n) is 7.42. The van der Waals surface area contributed by atoms with Crippen LogP contribution >= 0.6 is 11.3 Å². The van der Waals surface area contributed by atoms with Gasteiger partial charge in [0.15, 0.2) is 0 Å². The second-order valence-electron chi connectivity index (χ2n) is 5.40. The number of pyridine rings is 1. The molecule has 1 saturated heterocycles. The Morgan fingerprint density at radius 2 is 2.32 bits per heavy atom. The number of ether oxygens (including phenoxy) is 1. The highest BCUT2D eigenvalue weighted by Crippen LogP contribution is 2.34. The Kier molecular flexibility index (Phi) is 4.38. The van der Waals surface area contributed by atoms with Crippen molar-refractivity contribution in [3.63, 3.8) is 0 Å². The topological polar surface area (TPSA) is 55.3 Å². The van der Waals surface area contributed by atoms with Crippen LogP contribution in [-0.2, 0) is 0 Å². The molecule has 2 aromatic heterocycles. The molecule has 1 aliphatic heterocycles. The average molecular weight is 317 g/mol. The van der Waals surface area contributed by atoms with Crippen molar-refractivity contribution < 1.29 is 9.53 Å². The Bertz CT molecular complexity index is 671. The second-order valence-corrected chi connectivity index (χ2v) is 6.29. The number of methoxy groups -OCH3 is 1. The van der Waals surface area contributed by atoms with Gasteiger partial charge in [0, 0.05) is 23.8 Å². The first kappa shape index (κ1) is 15.0. The van der Waals surface area contributed by atoms with Crippen molar-refractivity contribution in [3.8, 4) is 5.88 Å². The molecule has 5 nitrogen and oxygen atoms in total. The van der Waals surface area contributed by atoms with Crippen LogP contribution in [0.5, 0.6) is 5.88 Å². The van der Waals surface area contributed by atoms with Crippen LogP contribution < -0.4 is 4.74 Å². The molecule has 22 heavy (non-hydrogen) atoms. The number of nitrogens with zero attached hydrogens (tertiary/aromatic N) is 3. The van der Waals surface area contributed by atoms with Gasteiger partial charge in [-0.05, 0) is 38.3 Å². The fraction of sp³-hybridized carbons (Fsp3) is 0.438. The number of hydrogen-bond acceptors (Lipinski definition) is 5. The highest BCUT2D eigenvalue weighted by Gasteiger charge is 2.32. The van der Waals surface area contributed by atoms with Gasteiger partial charge in [-0.15, -0.1) is 11.3 Å². The maximum Gasteiger partial charge on any atom is 0.259 e. The molecule has 1 aliphatic rings. The highest BCUT2D eigenvalue weighted by atomic mass is 32.1. The number of carbonyl (C=O) groups is 1. The van der Waals surface area contributed by atoms with Crippen LogP contribution in [-0.4, -0.2) is 34.4 Å². The zero-order valence-electron chi connectivity index (χ0n) is 12.8. The molecule has 0 N–H and O–H groups in total. The maximum atomic E-state index is 13.0. The Labute approximate surface area is 134 Å². The van der Waals surface area contributed by atoms with E-state index >= 15 is 0 Å². The number of thiazole rings is 1. The molecule has 3 heterocycles. The van der Waals surface area contributed by atoms with Gasteiger partial charge in [0.2, 0.25) is 5.88 Å². The molecule has 0 saturated carbocycles. The van der Waals surface area contributed by atoms with Crippen molar-refractivity contribution in [2.24, 2.45) is 0 Å². The molecule has 1 fully saturated rings. The summed E-state index contributed by atoms with van der Waals surface area (Å²) in [6.07, 6.45) is 4.74. The number of piperidine rings is 1. The first-order chi connectivity index (χ1) is 10.7. The lowest BCUT2D eigenvalue weighted by Gasteiger charge is -2.34. The maximum absolute atomic E-state index is 13.0. The van der Waals surface area contributed by atoms with Gasteiger partial charge >= 0.3 is 0 Å². The Morgan fingerprint density at radius 3 is 3.05 bits per heavy atom. The van der Waals surface area contributed by atoms with E-state index in [4.69, 9.17) is 4.74 Å². The lowest BCUT2D eigenvalue weighted by molar-refractivity contribution is 0.0607. The van der Waals surface area contributed by atoms with Crippen LogP contribution in [0.15, 0.2) is 23.7 Å². The van der Waals surface area contributed by atoms with Crippen LogP contribution in [0.4, 0.5) is 0 Å². The molecule has 0 spiro atoms. The number of amides is 1. The summed E-state index contributed by atoms with van der Waals surface area (Å²) in [7, 11) is 1.54. The third kappa shape index (κ3) is 2.83. The van der Waals surface area contributed by atoms with Crippen molar-refractivity contribution in [1.29, 1.82) is 0 Å². The number of aromatic nitrogens is 2. The predicted molar refractivity (Wildman–Crippen MR) is 85.3 cm³/mol. The van der Waals surface area contributed by atoms with E-state index < -0.39 is 0 Å². The fourth-order valence-electron chi connectivity index (χ4n) is 2.83. The molecule has 116 valence electrons. The third-order valence-corrected chi connectivity index (χ3v) is 4.94. The molecule has 6 heteroatoms. The second kappa shape index (κ2) is 6.44. The molecule has 1 amide bonds. The summed E-state index contributed by atoms with van der Waals surface area (Å²) in [5.74, 6) is 0.356. The van der Waals surface area contributed by atoms with Gasteiger partial charge in [0.25, 0.3) is 5.91 Å². The third-order valence-electron chi connectivity index (χ3n) is 3.88. The molecule has 3 rings (SSSR count). The lowest BCUT2D eigenvalue weighted by atomic mass is 10.0. The first-order valence-corrected chi connectivity index (χ1v) is 8.30. The van der Waals surface area contributed by atoms with Gasteiger partial charge in [-0.2, -0.15) is 0 Å². The van der Waals surface area contributed by atoms with Crippen LogP contribution in [0.1, 0.15) is 46.4 Å². The number of likely N-dealkylation sites (tertiary alicyclic amines) is 1. The molecule has 2 aromatic rings. The predicted octanol–water partition coefficient (Wildman–Crippen LogP) is 3.22. The summed E-state index contributed by atoms with van der Waals surface area (Å²) in [6, 6.07) is 3.60. The monoisotopic (exact) mass is 317 g/mol. The molecule has 0 unspecified atom stereocenters. The Hall–Kier alpha value is -1.95. The van der Waals surface area contributed by atoms with E-state index in [9.17, 15) is 4.79 Å². The van der Waals surface area contributed by atoms with Gasteiger partial charge in [0.1, 0.15) is 10.6 Å². The van der Waals surface area contributed by atoms with E-state index in [1.165, 1.54) is 7.11 Å². The zero-order valence-corrected chi connectivity index (χ0v) is 13.6. The number of aryl methyl sites for hydroxylation is 1. The van der Waals surface area contributed by atoms with Crippen LogP contribution in [0.25, 0.3) is 0 Å². The SMILES string of the molecule is COc1ncccc1C(=O)N1CCCC[C@@H]1c1nc(C)cs1. The van der Waals surface area contributed by atoms with Gasteiger partial charge in [-0.1, -0.05) is 0 Å². The van der Waals surface area contributed by atoms with Crippen LogP contribution in [0.2, 0.25) is 0 Å². The normalized spacial score (nSPS) is 18.3. The summed E-state index contributed by atoms with van der Waals surface area (Å²) in [4.78, 5) is 23.6. The van der Waals surface area contributed by atoms with Crippen molar-refractivity contribution in [2.75, 3.05) is 13.7 Å². The van der Waals surface area contributed by atoms with E-state index in [0.717, 1.165) is 36.5 Å². The van der Waals surface area contributed by atoms with Gasteiger partial charge in [-0.25, -0.2) is 9.97 Å². The molecule has 0 aromatic carbocycles. The van der Waals surface area contributed by atoms with E-state index in [0.29, 0.717) is 11.4 Å². The fourth-order valence-corrected chi connectivity index (χ4v) is 3.77. The van der Waals surface area contributed by atoms with Crippen LogP contribution in [0.3, 0.4) is 0 Å². The van der Waals surface area contributed by atoms with Crippen molar-refractivity contribution in [1.82, 2.24) is 14.9 Å². The van der Waals surface area contributed by atoms with E-state index in [1.807, 2.05) is 17.2 Å². The summed E-state index contributed by atoms with van der Waals surface area (Å²) in [6.45, 7) is 2.74. The molecule has 0 aliphatic carbocycles. The minimum Gasteiger partial charge on any atom is -0.480 e. The summed E-state index contributed by atoms with van der Waals surface area (Å²) in [5, 5.41) is 3.06. The van der Waals surface area contributed by atoms with Gasteiger partial charge in [0.05, 0.1) is 13.2 Å². The van der Waals surface area contributed by atoms with Crippen LogP contribution in [0, 0.1) is 6.92 Å². The minimum atomic E-state index is -0.0255. The van der Waals surface area contributed by atoms with E-state index in [-0.39, 0.29) is 11.9 Å². The summed E-state index contributed by atoms with van der Waals surface area (Å²) < 4.78 is 5.23. The van der Waals surface area contributed by atoms with Gasteiger partial charge in [-0.3, -0.25) is 4.79 Å². The highest BCUT2D eigenvalue weighted by molar-refractivity contribution is 7.09. The Morgan fingerprint density at radius 1 is 1.45 bits per heavy atom. The van der Waals surface area contributed by atoms with E-state index in [1.54, 1.807) is 29.7 Å². The largest absolute Gasteiger partial charge is 0.480 e. The molecule has 1 atom stereocenters. The molecular weight excluding hydrogens is 298 g/mol. The summed E-state index contributed by atoms with van der Waals surface area (Å²) in [5.41, 5.74) is 1.53.